The fourth-order valence-corrected chi connectivity index (χ4v) is 1.35. The molecule has 0 spiro atoms. The van der Waals surface area contributed by atoms with E-state index in [-0.39, 0.29) is 11.5 Å². The molecule has 0 saturated heterocycles. The summed E-state index contributed by atoms with van der Waals surface area (Å²) in [7, 11) is 0. The highest BCUT2D eigenvalue weighted by Crippen LogP contribution is 2.28. The van der Waals surface area contributed by atoms with Gasteiger partial charge in [-0.15, -0.1) is 6.42 Å². The maximum atomic E-state index is 9.37. The molecule has 0 radical (unpaired) electrons. The first-order valence-corrected chi connectivity index (χ1v) is 5.20. The molecule has 0 aliphatic carbocycles. The van der Waals surface area contributed by atoms with Crippen molar-refractivity contribution in [3.63, 3.8) is 0 Å². The normalized spacial score (nSPS) is 10.2. The molecule has 3 N–H and O–H groups in total. The molecule has 1 aromatic carbocycles. The molecule has 0 bridgehead atoms. The average Bonchev–Trinajstić information content (AvgIpc) is 2.82. The van der Waals surface area contributed by atoms with Gasteiger partial charge in [-0.2, -0.15) is 4.98 Å². The number of nitrogens with one attached hydrogen (secondary N) is 1. The third-order valence-electron chi connectivity index (χ3n) is 2.20. The Kier molecular flexibility index (Phi) is 3.46. The molecule has 1 aromatic heterocycles. The van der Waals surface area contributed by atoms with Gasteiger partial charge in [0.25, 0.3) is 0 Å². The van der Waals surface area contributed by atoms with Crippen LogP contribution in [0.4, 0.5) is 0 Å². The maximum Gasteiger partial charge on any atom is 0.240 e. The van der Waals surface area contributed by atoms with Crippen LogP contribution in [0.25, 0.3) is 11.4 Å². The predicted molar refractivity (Wildman–Crippen MR) is 63.6 cm³/mol. The number of hydrogen-bond acceptors (Lipinski definition) is 6. The molecule has 18 heavy (non-hydrogen) atoms. The molecule has 1 heterocycles. The van der Waals surface area contributed by atoms with Gasteiger partial charge in [-0.05, 0) is 18.2 Å². The number of rotatable bonds is 4. The van der Waals surface area contributed by atoms with Crippen LogP contribution in [0.1, 0.15) is 5.89 Å². The number of nitrogens with zero attached hydrogens (tertiary/aromatic N) is 2. The van der Waals surface area contributed by atoms with Crippen LogP contribution in [0, 0.1) is 12.3 Å². The van der Waals surface area contributed by atoms with Crippen molar-refractivity contribution in [2.45, 2.75) is 6.54 Å². The summed E-state index contributed by atoms with van der Waals surface area (Å²) in [5.41, 5.74) is 0.553. The third kappa shape index (κ3) is 2.59. The highest BCUT2D eigenvalue weighted by Gasteiger charge is 2.10. The number of hydrogen-bond donors (Lipinski definition) is 3. The van der Waals surface area contributed by atoms with Gasteiger partial charge in [0.05, 0.1) is 13.1 Å². The molecule has 0 aliphatic rings. The first-order valence-electron chi connectivity index (χ1n) is 5.20. The maximum absolute atomic E-state index is 9.37. The summed E-state index contributed by atoms with van der Waals surface area (Å²) in [4.78, 5) is 4.12. The molecule has 0 atom stereocenters. The minimum absolute atomic E-state index is 0.196. The Hall–Kier alpha value is -2.52. The number of terminal acetylenes is 1. The van der Waals surface area contributed by atoms with E-state index in [1.54, 1.807) is 6.07 Å². The Balaban J connectivity index is 2.14. The molecule has 0 amide bonds. The summed E-state index contributed by atoms with van der Waals surface area (Å²) in [6.07, 6.45) is 5.09. The van der Waals surface area contributed by atoms with Crippen molar-refractivity contribution in [1.29, 1.82) is 0 Å². The zero-order valence-corrected chi connectivity index (χ0v) is 9.42. The van der Waals surface area contributed by atoms with E-state index in [0.29, 0.717) is 30.4 Å². The monoisotopic (exact) mass is 245 g/mol. The van der Waals surface area contributed by atoms with Crippen molar-refractivity contribution in [3.05, 3.63) is 24.1 Å². The van der Waals surface area contributed by atoms with E-state index < -0.39 is 0 Å². The van der Waals surface area contributed by atoms with Crippen LogP contribution in [0.5, 0.6) is 11.5 Å². The average molecular weight is 245 g/mol. The topological polar surface area (TPSA) is 91.4 Å². The highest BCUT2D eigenvalue weighted by atomic mass is 16.5. The first kappa shape index (κ1) is 12.0. The Morgan fingerprint density at radius 3 is 2.89 bits per heavy atom. The van der Waals surface area contributed by atoms with Gasteiger partial charge in [0.2, 0.25) is 11.7 Å². The van der Waals surface area contributed by atoms with E-state index in [1.165, 1.54) is 12.1 Å². The van der Waals surface area contributed by atoms with E-state index in [1.807, 2.05) is 0 Å². The second kappa shape index (κ2) is 5.21. The van der Waals surface area contributed by atoms with Gasteiger partial charge < -0.3 is 14.7 Å². The Labute approximate surface area is 103 Å². The minimum Gasteiger partial charge on any atom is -0.504 e. The minimum atomic E-state index is -0.232. The van der Waals surface area contributed by atoms with E-state index in [2.05, 4.69) is 21.4 Å². The first-order chi connectivity index (χ1) is 8.70. The number of benzene rings is 1. The smallest absolute Gasteiger partial charge is 0.240 e. The largest absolute Gasteiger partial charge is 0.504 e. The molecule has 0 unspecified atom stereocenters. The lowest BCUT2D eigenvalue weighted by Crippen LogP contribution is -2.13. The lowest BCUT2D eigenvalue weighted by Gasteiger charge is -1.98. The van der Waals surface area contributed by atoms with Crippen LogP contribution >= 0.6 is 0 Å². The second-order valence-electron chi connectivity index (χ2n) is 3.52. The number of phenolic OH excluding ortho intramolecular Hbond substituents is 2. The third-order valence-corrected chi connectivity index (χ3v) is 2.20. The van der Waals surface area contributed by atoms with Crippen molar-refractivity contribution in [3.8, 4) is 35.2 Å². The van der Waals surface area contributed by atoms with Crippen LogP contribution in [0.3, 0.4) is 0 Å². The summed E-state index contributed by atoms with van der Waals surface area (Å²) in [5, 5.41) is 25.2. The molecule has 92 valence electrons. The van der Waals surface area contributed by atoms with Crippen LogP contribution in [-0.4, -0.2) is 26.9 Å². The predicted octanol–water partition coefficient (Wildman–Crippen LogP) is 0.871. The molecular formula is C12H11N3O3. The van der Waals surface area contributed by atoms with Gasteiger partial charge in [0.1, 0.15) is 0 Å². The summed E-state index contributed by atoms with van der Waals surface area (Å²) >= 11 is 0. The van der Waals surface area contributed by atoms with Crippen LogP contribution in [0.2, 0.25) is 0 Å². The highest BCUT2D eigenvalue weighted by molar-refractivity contribution is 5.59. The fourth-order valence-electron chi connectivity index (χ4n) is 1.35. The molecule has 0 fully saturated rings. The van der Waals surface area contributed by atoms with E-state index in [4.69, 9.17) is 10.9 Å². The van der Waals surface area contributed by atoms with E-state index >= 15 is 0 Å². The van der Waals surface area contributed by atoms with Crippen molar-refractivity contribution >= 4 is 0 Å². The molecule has 0 aliphatic heterocycles. The van der Waals surface area contributed by atoms with Gasteiger partial charge in [-0.3, -0.25) is 5.32 Å². The van der Waals surface area contributed by atoms with Gasteiger partial charge in [0, 0.05) is 5.56 Å². The second-order valence-corrected chi connectivity index (χ2v) is 3.52. The summed E-state index contributed by atoms with van der Waals surface area (Å²) in [5.74, 6) is 2.73. The van der Waals surface area contributed by atoms with Crippen LogP contribution < -0.4 is 5.32 Å². The van der Waals surface area contributed by atoms with E-state index in [0.717, 1.165) is 0 Å². The molecule has 2 aromatic rings. The van der Waals surface area contributed by atoms with E-state index in [9.17, 15) is 10.2 Å². The van der Waals surface area contributed by atoms with Crippen molar-refractivity contribution in [2.24, 2.45) is 0 Å². The van der Waals surface area contributed by atoms with Gasteiger partial charge >= 0.3 is 0 Å². The zero-order valence-electron chi connectivity index (χ0n) is 9.42. The number of aromatic nitrogens is 2. The molecular weight excluding hydrogens is 234 g/mol. The van der Waals surface area contributed by atoms with Crippen molar-refractivity contribution < 1.29 is 14.7 Å². The lowest BCUT2D eigenvalue weighted by molar-refractivity contribution is 0.370. The number of aromatic hydroxyl groups is 2. The van der Waals surface area contributed by atoms with Crippen molar-refractivity contribution in [1.82, 2.24) is 15.5 Å². The Morgan fingerprint density at radius 1 is 1.33 bits per heavy atom. The fraction of sp³-hybridized carbons (Fsp3) is 0.167. The van der Waals surface area contributed by atoms with Gasteiger partial charge in [-0.1, -0.05) is 11.1 Å². The van der Waals surface area contributed by atoms with Gasteiger partial charge in [-0.25, -0.2) is 0 Å². The summed E-state index contributed by atoms with van der Waals surface area (Å²) in [6.45, 7) is 0.791. The molecule has 6 nitrogen and oxygen atoms in total. The molecule has 2 rings (SSSR count). The lowest BCUT2D eigenvalue weighted by atomic mass is 10.2. The van der Waals surface area contributed by atoms with Gasteiger partial charge in [0.15, 0.2) is 11.5 Å². The SMILES string of the molecule is C#CCNCc1nc(-c2ccc(O)c(O)c2)no1. The Morgan fingerprint density at radius 2 is 2.17 bits per heavy atom. The van der Waals surface area contributed by atoms with Crippen LogP contribution in [-0.2, 0) is 6.54 Å². The summed E-state index contributed by atoms with van der Waals surface area (Å²) in [6, 6.07) is 4.30. The quantitative estimate of drug-likeness (QED) is 0.420. The number of phenols is 2. The zero-order chi connectivity index (χ0) is 13.0. The molecule has 6 heteroatoms. The standard InChI is InChI=1S/C12H11N3O3/c1-2-5-13-7-11-14-12(15-18-11)8-3-4-9(16)10(17)6-8/h1,3-4,6,13,16-17H,5,7H2. The molecule has 0 saturated carbocycles. The van der Waals surface area contributed by atoms with Crippen LogP contribution in [0.15, 0.2) is 22.7 Å². The van der Waals surface area contributed by atoms with Crippen molar-refractivity contribution in [2.75, 3.05) is 6.54 Å². The summed E-state index contributed by atoms with van der Waals surface area (Å²) < 4.78 is 5.00. The Bertz CT molecular complexity index is 586.